The van der Waals surface area contributed by atoms with Crippen molar-refractivity contribution in [2.24, 2.45) is 11.7 Å². The van der Waals surface area contributed by atoms with E-state index >= 15 is 0 Å². The van der Waals surface area contributed by atoms with Crippen molar-refractivity contribution in [3.63, 3.8) is 0 Å². The van der Waals surface area contributed by atoms with Gasteiger partial charge in [-0.05, 0) is 52.9 Å². The Morgan fingerprint density at radius 3 is 2.95 bits per heavy atom. The van der Waals surface area contributed by atoms with Crippen LogP contribution in [0.25, 0.3) is 0 Å². The van der Waals surface area contributed by atoms with Gasteiger partial charge >= 0.3 is 0 Å². The summed E-state index contributed by atoms with van der Waals surface area (Å²) in [5, 5.41) is 2.97. The average Bonchev–Trinajstić information content (AvgIpc) is 2.44. The topological polar surface area (TPSA) is 58.4 Å². The van der Waals surface area contributed by atoms with E-state index in [1.54, 1.807) is 0 Å². The molecule has 21 heavy (non-hydrogen) atoms. The Morgan fingerprint density at radius 1 is 1.52 bits per heavy atom. The van der Waals surface area contributed by atoms with E-state index in [4.69, 9.17) is 5.73 Å². The molecule has 0 radical (unpaired) electrons. The first kappa shape index (κ1) is 16.5. The minimum absolute atomic E-state index is 0.0323. The summed E-state index contributed by atoms with van der Waals surface area (Å²) < 4.78 is 0.919. The Morgan fingerprint density at radius 2 is 2.29 bits per heavy atom. The van der Waals surface area contributed by atoms with Crippen LogP contribution in [0, 0.1) is 12.8 Å². The van der Waals surface area contributed by atoms with Crippen LogP contribution in [-0.4, -0.2) is 36.5 Å². The van der Waals surface area contributed by atoms with E-state index in [1.807, 2.05) is 25.1 Å². The Labute approximate surface area is 135 Å². The molecule has 1 saturated heterocycles. The first-order valence-corrected chi connectivity index (χ1v) is 8.32. The van der Waals surface area contributed by atoms with Crippen molar-refractivity contribution in [2.75, 3.05) is 25.0 Å². The van der Waals surface area contributed by atoms with Gasteiger partial charge in [-0.1, -0.05) is 19.4 Å². The molecule has 1 aliphatic heterocycles. The summed E-state index contributed by atoms with van der Waals surface area (Å²) in [5.41, 5.74) is 8.09. The third-order valence-corrected chi connectivity index (χ3v) is 4.82. The van der Waals surface area contributed by atoms with Gasteiger partial charge in [0, 0.05) is 23.6 Å². The Kier molecular flexibility index (Phi) is 5.79. The number of nitrogens with zero attached hydrogens (tertiary/aromatic N) is 1. The lowest BCUT2D eigenvalue weighted by Gasteiger charge is -2.36. The number of benzene rings is 1. The number of likely N-dealkylation sites (tertiary alicyclic amines) is 1. The monoisotopic (exact) mass is 353 g/mol. The van der Waals surface area contributed by atoms with Gasteiger partial charge in [0.25, 0.3) is 0 Å². The molecular formula is C16H24BrN3O. The second kappa shape index (κ2) is 7.38. The molecule has 0 aliphatic carbocycles. The standard InChI is InChI=1S/C16H24BrN3O/c1-3-12-9-20(7-6-14(12)18)10-16(21)19-15-5-4-11(2)8-13(15)17/h4-5,8,12,14H,3,6-7,9-10,18H2,1-2H3,(H,19,21). The van der Waals surface area contributed by atoms with Gasteiger partial charge in [-0.25, -0.2) is 0 Å². The summed E-state index contributed by atoms with van der Waals surface area (Å²) in [5.74, 6) is 0.530. The quantitative estimate of drug-likeness (QED) is 0.874. The zero-order valence-electron chi connectivity index (χ0n) is 12.7. The van der Waals surface area contributed by atoms with Gasteiger partial charge in [-0.3, -0.25) is 9.69 Å². The minimum Gasteiger partial charge on any atom is -0.327 e. The lowest BCUT2D eigenvalue weighted by Crippen LogP contribution is -2.48. The number of halogens is 1. The van der Waals surface area contributed by atoms with Crippen LogP contribution >= 0.6 is 15.9 Å². The fourth-order valence-corrected chi connectivity index (χ4v) is 3.41. The van der Waals surface area contributed by atoms with E-state index < -0.39 is 0 Å². The van der Waals surface area contributed by atoms with E-state index in [0.717, 1.165) is 41.7 Å². The van der Waals surface area contributed by atoms with Crippen LogP contribution in [0.5, 0.6) is 0 Å². The predicted molar refractivity (Wildman–Crippen MR) is 90.3 cm³/mol. The van der Waals surface area contributed by atoms with Crippen molar-refractivity contribution in [3.05, 3.63) is 28.2 Å². The number of carbonyl (C=O) groups is 1. The van der Waals surface area contributed by atoms with Crippen molar-refractivity contribution in [3.8, 4) is 0 Å². The van der Waals surface area contributed by atoms with Crippen LogP contribution < -0.4 is 11.1 Å². The number of aryl methyl sites for hydroxylation is 1. The molecule has 2 rings (SSSR count). The van der Waals surface area contributed by atoms with Gasteiger partial charge in [-0.2, -0.15) is 0 Å². The normalized spacial score (nSPS) is 23.0. The van der Waals surface area contributed by atoms with Crippen LogP contribution in [0.1, 0.15) is 25.3 Å². The highest BCUT2D eigenvalue weighted by Gasteiger charge is 2.26. The summed E-state index contributed by atoms with van der Waals surface area (Å²) in [6.45, 7) is 6.44. The molecule has 0 spiro atoms. The highest BCUT2D eigenvalue weighted by molar-refractivity contribution is 9.10. The molecule has 0 aromatic heterocycles. The highest BCUT2D eigenvalue weighted by atomic mass is 79.9. The van der Waals surface area contributed by atoms with Gasteiger partial charge < -0.3 is 11.1 Å². The highest BCUT2D eigenvalue weighted by Crippen LogP contribution is 2.23. The first-order valence-electron chi connectivity index (χ1n) is 7.53. The number of carbonyl (C=O) groups excluding carboxylic acids is 1. The summed E-state index contributed by atoms with van der Waals surface area (Å²) >= 11 is 3.48. The van der Waals surface area contributed by atoms with Crippen molar-refractivity contribution in [1.29, 1.82) is 0 Å². The van der Waals surface area contributed by atoms with E-state index in [1.165, 1.54) is 0 Å². The van der Waals surface area contributed by atoms with Gasteiger partial charge in [0.05, 0.1) is 12.2 Å². The molecular weight excluding hydrogens is 330 g/mol. The fourth-order valence-electron chi connectivity index (χ4n) is 2.82. The Bertz CT molecular complexity index is 506. The number of nitrogens with two attached hydrogens (primary N) is 1. The number of anilines is 1. The molecule has 0 bridgehead atoms. The van der Waals surface area contributed by atoms with E-state index in [-0.39, 0.29) is 11.9 Å². The van der Waals surface area contributed by atoms with Crippen LogP contribution in [0.2, 0.25) is 0 Å². The lowest BCUT2D eigenvalue weighted by molar-refractivity contribution is -0.117. The molecule has 1 heterocycles. The van der Waals surface area contributed by atoms with Crippen LogP contribution in [-0.2, 0) is 4.79 Å². The van der Waals surface area contributed by atoms with Gasteiger partial charge in [0.15, 0.2) is 0 Å². The van der Waals surface area contributed by atoms with Gasteiger partial charge in [0.1, 0.15) is 0 Å². The van der Waals surface area contributed by atoms with Crippen LogP contribution in [0.4, 0.5) is 5.69 Å². The third kappa shape index (κ3) is 4.53. The second-order valence-corrected chi connectivity index (χ2v) is 6.74. The molecule has 2 unspecified atom stereocenters. The van der Waals surface area contributed by atoms with Gasteiger partial charge in [-0.15, -0.1) is 0 Å². The largest absolute Gasteiger partial charge is 0.327 e. The molecule has 5 heteroatoms. The molecule has 0 saturated carbocycles. The number of nitrogens with one attached hydrogen (secondary N) is 1. The maximum Gasteiger partial charge on any atom is 0.238 e. The maximum atomic E-state index is 12.2. The lowest BCUT2D eigenvalue weighted by atomic mass is 9.91. The molecule has 1 fully saturated rings. The summed E-state index contributed by atoms with van der Waals surface area (Å²) in [7, 11) is 0. The number of hydrogen-bond donors (Lipinski definition) is 2. The Balaban J connectivity index is 1.90. The van der Waals surface area contributed by atoms with Crippen LogP contribution in [0.15, 0.2) is 22.7 Å². The molecule has 116 valence electrons. The van der Waals surface area contributed by atoms with Crippen molar-refractivity contribution in [2.45, 2.75) is 32.7 Å². The van der Waals surface area contributed by atoms with E-state index in [2.05, 4.69) is 33.1 Å². The number of hydrogen-bond acceptors (Lipinski definition) is 3. The third-order valence-electron chi connectivity index (χ3n) is 4.17. The second-order valence-electron chi connectivity index (χ2n) is 5.89. The summed E-state index contributed by atoms with van der Waals surface area (Å²) in [4.78, 5) is 14.4. The summed E-state index contributed by atoms with van der Waals surface area (Å²) in [6.07, 6.45) is 2.04. The summed E-state index contributed by atoms with van der Waals surface area (Å²) in [6, 6.07) is 6.20. The van der Waals surface area contributed by atoms with Crippen LogP contribution in [0.3, 0.4) is 0 Å². The van der Waals surface area contributed by atoms with Gasteiger partial charge in [0.2, 0.25) is 5.91 Å². The molecule has 3 N–H and O–H groups in total. The average molecular weight is 354 g/mol. The first-order chi connectivity index (χ1) is 9.99. The number of piperidine rings is 1. The van der Waals surface area contributed by atoms with E-state index in [9.17, 15) is 4.79 Å². The predicted octanol–water partition coefficient (Wildman–Crippen LogP) is 2.76. The van der Waals surface area contributed by atoms with Crippen molar-refractivity contribution >= 4 is 27.5 Å². The molecule has 1 aromatic rings. The number of rotatable bonds is 4. The minimum atomic E-state index is 0.0323. The maximum absolute atomic E-state index is 12.2. The zero-order valence-corrected chi connectivity index (χ0v) is 14.3. The van der Waals surface area contributed by atoms with Crippen molar-refractivity contribution < 1.29 is 4.79 Å². The number of amides is 1. The molecule has 1 amide bonds. The smallest absolute Gasteiger partial charge is 0.238 e. The van der Waals surface area contributed by atoms with E-state index in [0.29, 0.717) is 12.5 Å². The van der Waals surface area contributed by atoms with Crippen molar-refractivity contribution in [1.82, 2.24) is 4.90 Å². The molecule has 2 atom stereocenters. The SMILES string of the molecule is CCC1CN(CC(=O)Nc2ccc(C)cc2Br)CCC1N. The molecule has 4 nitrogen and oxygen atoms in total. The molecule has 1 aromatic carbocycles. The molecule has 1 aliphatic rings. The zero-order chi connectivity index (χ0) is 15.4. The Hall–Kier alpha value is -0.910. The fraction of sp³-hybridized carbons (Fsp3) is 0.562.